The molecule has 142 valence electrons. The molecule has 0 spiro atoms. The Morgan fingerprint density at radius 2 is 1.75 bits per heavy atom. The highest BCUT2D eigenvalue weighted by molar-refractivity contribution is 5.93. The number of carbonyl (C=O) groups excluding carboxylic acids is 1. The van der Waals surface area contributed by atoms with Crippen LogP contribution in [-0.2, 0) is 11.2 Å². The van der Waals surface area contributed by atoms with Crippen LogP contribution in [0.25, 0.3) is 0 Å². The summed E-state index contributed by atoms with van der Waals surface area (Å²) in [6.45, 7) is 1.54. The fourth-order valence-corrected chi connectivity index (χ4v) is 3.67. The van der Waals surface area contributed by atoms with Gasteiger partial charge >= 0.3 is 0 Å². The van der Waals surface area contributed by atoms with Gasteiger partial charge in [0.05, 0.1) is 5.92 Å². The summed E-state index contributed by atoms with van der Waals surface area (Å²) in [5.74, 6) is 0.702. The molecule has 3 aromatic rings. The molecule has 0 aliphatic carbocycles. The molecule has 5 nitrogen and oxygen atoms in total. The van der Waals surface area contributed by atoms with Crippen molar-refractivity contribution in [3.05, 3.63) is 84.2 Å². The first-order chi connectivity index (χ1) is 13.8. The number of carbonyl (C=O) groups is 1. The van der Waals surface area contributed by atoms with Crippen molar-refractivity contribution < 1.29 is 4.79 Å². The van der Waals surface area contributed by atoms with Gasteiger partial charge in [0.25, 0.3) is 0 Å². The number of aromatic nitrogens is 2. The van der Waals surface area contributed by atoms with Crippen molar-refractivity contribution in [3.63, 3.8) is 0 Å². The lowest BCUT2D eigenvalue weighted by molar-refractivity contribution is -0.120. The normalized spacial score (nSPS) is 16.6. The molecule has 1 amide bonds. The smallest absolute Gasteiger partial charge is 0.229 e. The number of nitrogens with one attached hydrogen (secondary N) is 1. The number of nitrogens with zero attached hydrogens (tertiary/aromatic N) is 3. The van der Waals surface area contributed by atoms with Gasteiger partial charge in [-0.1, -0.05) is 48.5 Å². The van der Waals surface area contributed by atoms with Gasteiger partial charge in [-0.15, -0.1) is 0 Å². The van der Waals surface area contributed by atoms with Crippen LogP contribution in [0.5, 0.6) is 0 Å². The van der Waals surface area contributed by atoms with Crippen molar-refractivity contribution in [1.29, 1.82) is 0 Å². The summed E-state index contributed by atoms with van der Waals surface area (Å²) >= 11 is 0. The molecule has 0 saturated carbocycles. The molecular weight excluding hydrogens is 348 g/mol. The van der Waals surface area contributed by atoms with Crippen LogP contribution < -0.4 is 10.2 Å². The molecule has 4 rings (SSSR count). The summed E-state index contributed by atoms with van der Waals surface area (Å²) in [4.78, 5) is 23.7. The molecule has 2 heterocycles. The lowest BCUT2D eigenvalue weighted by Crippen LogP contribution is -2.41. The third-order valence-corrected chi connectivity index (χ3v) is 5.14. The minimum atomic E-state index is -0.0673. The molecule has 1 aliphatic heterocycles. The summed E-state index contributed by atoms with van der Waals surface area (Å²) in [6.07, 6.45) is 6.13. The lowest BCUT2D eigenvalue weighted by atomic mass is 9.96. The van der Waals surface area contributed by atoms with Crippen LogP contribution in [0.15, 0.2) is 73.1 Å². The molecular formula is C23H24N4O. The van der Waals surface area contributed by atoms with Crippen LogP contribution in [0.4, 0.5) is 11.6 Å². The second-order valence-electron chi connectivity index (χ2n) is 7.14. The van der Waals surface area contributed by atoms with Crippen molar-refractivity contribution in [2.45, 2.75) is 19.3 Å². The van der Waals surface area contributed by atoms with Crippen molar-refractivity contribution in [3.8, 4) is 0 Å². The molecule has 0 bridgehead atoms. The molecule has 5 heteroatoms. The van der Waals surface area contributed by atoms with E-state index in [0.717, 1.165) is 37.1 Å². The second kappa shape index (κ2) is 8.65. The Morgan fingerprint density at radius 3 is 2.57 bits per heavy atom. The number of para-hydroxylation sites is 1. The van der Waals surface area contributed by atoms with Gasteiger partial charge < -0.3 is 10.2 Å². The zero-order chi connectivity index (χ0) is 19.2. The monoisotopic (exact) mass is 372 g/mol. The second-order valence-corrected chi connectivity index (χ2v) is 7.14. The lowest BCUT2D eigenvalue weighted by Gasteiger charge is -2.32. The van der Waals surface area contributed by atoms with Crippen LogP contribution in [0.1, 0.15) is 24.0 Å². The molecule has 1 atom stereocenters. The molecule has 1 unspecified atom stereocenters. The third kappa shape index (κ3) is 4.36. The third-order valence-electron chi connectivity index (χ3n) is 5.14. The topological polar surface area (TPSA) is 58.1 Å². The number of anilines is 2. The summed E-state index contributed by atoms with van der Waals surface area (Å²) in [6, 6.07) is 20.2. The van der Waals surface area contributed by atoms with Gasteiger partial charge in [-0.2, -0.15) is 0 Å². The highest BCUT2D eigenvalue weighted by Gasteiger charge is 2.27. The Bertz CT molecular complexity index is 914. The average molecular weight is 372 g/mol. The number of hydrogen-bond acceptors (Lipinski definition) is 4. The Labute approximate surface area is 165 Å². The van der Waals surface area contributed by atoms with Crippen molar-refractivity contribution in [2.75, 3.05) is 23.3 Å². The van der Waals surface area contributed by atoms with Crippen LogP contribution in [-0.4, -0.2) is 29.0 Å². The van der Waals surface area contributed by atoms with E-state index in [1.54, 1.807) is 18.5 Å². The fraction of sp³-hybridized carbons (Fsp3) is 0.261. The van der Waals surface area contributed by atoms with E-state index in [0.29, 0.717) is 12.5 Å². The standard InChI is InChI=1S/C23H24N4O/c28-22(20-11-6-15-27(17-20)23-24-13-7-14-25-23)26-21-12-5-4-10-19(21)16-18-8-2-1-3-9-18/h1-5,7-10,12-14,20H,6,11,15-17H2,(H,26,28). The molecule has 1 N–H and O–H groups in total. The summed E-state index contributed by atoms with van der Waals surface area (Å²) in [5.41, 5.74) is 3.25. The van der Waals surface area contributed by atoms with Crippen LogP contribution >= 0.6 is 0 Å². The summed E-state index contributed by atoms with van der Waals surface area (Å²) in [5, 5.41) is 3.17. The first-order valence-electron chi connectivity index (χ1n) is 9.74. The van der Waals surface area contributed by atoms with E-state index in [4.69, 9.17) is 0 Å². The van der Waals surface area contributed by atoms with Gasteiger partial charge in [0.15, 0.2) is 0 Å². The minimum Gasteiger partial charge on any atom is -0.340 e. The van der Waals surface area contributed by atoms with E-state index >= 15 is 0 Å². The van der Waals surface area contributed by atoms with E-state index < -0.39 is 0 Å². The van der Waals surface area contributed by atoms with Gasteiger partial charge in [-0.25, -0.2) is 9.97 Å². The van der Waals surface area contributed by atoms with Gasteiger partial charge in [-0.05, 0) is 42.5 Å². The van der Waals surface area contributed by atoms with Crippen LogP contribution in [0.3, 0.4) is 0 Å². The van der Waals surface area contributed by atoms with Gasteiger partial charge in [0.2, 0.25) is 11.9 Å². The Kier molecular flexibility index (Phi) is 5.61. The first-order valence-corrected chi connectivity index (χ1v) is 9.74. The van der Waals surface area contributed by atoms with Gasteiger partial charge in [0, 0.05) is 31.2 Å². The molecule has 1 aromatic heterocycles. The molecule has 1 fully saturated rings. The van der Waals surface area contributed by atoms with Crippen molar-refractivity contribution in [1.82, 2.24) is 9.97 Å². The number of rotatable bonds is 5. The van der Waals surface area contributed by atoms with Crippen LogP contribution in [0, 0.1) is 5.92 Å². The van der Waals surface area contributed by atoms with Crippen LogP contribution in [0.2, 0.25) is 0 Å². The average Bonchev–Trinajstić information content (AvgIpc) is 2.76. The van der Waals surface area contributed by atoms with Gasteiger partial charge in [-0.3, -0.25) is 4.79 Å². The Hall–Kier alpha value is -3.21. The highest BCUT2D eigenvalue weighted by atomic mass is 16.1. The highest BCUT2D eigenvalue weighted by Crippen LogP contribution is 2.24. The zero-order valence-electron chi connectivity index (χ0n) is 15.8. The quantitative estimate of drug-likeness (QED) is 0.737. The van der Waals surface area contributed by atoms with E-state index in [2.05, 4.69) is 38.4 Å². The molecule has 0 radical (unpaired) electrons. The van der Waals surface area contributed by atoms with E-state index in [1.165, 1.54) is 5.56 Å². The fourth-order valence-electron chi connectivity index (χ4n) is 3.67. The molecule has 2 aromatic carbocycles. The predicted molar refractivity (Wildman–Crippen MR) is 111 cm³/mol. The van der Waals surface area contributed by atoms with Gasteiger partial charge in [0.1, 0.15) is 0 Å². The molecule has 1 saturated heterocycles. The maximum atomic E-state index is 13.0. The number of benzene rings is 2. The largest absolute Gasteiger partial charge is 0.340 e. The predicted octanol–water partition coefficient (Wildman–Crippen LogP) is 3.92. The van der Waals surface area contributed by atoms with E-state index in [9.17, 15) is 4.79 Å². The SMILES string of the molecule is O=C(Nc1ccccc1Cc1ccccc1)C1CCCN(c2ncccn2)C1. The summed E-state index contributed by atoms with van der Waals surface area (Å²) < 4.78 is 0. The maximum absolute atomic E-state index is 13.0. The maximum Gasteiger partial charge on any atom is 0.229 e. The molecule has 1 aliphatic rings. The Morgan fingerprint density at radius 1 is 1.00 bits per heavy atom. The number of amides is 1. The minimum absolute atomic E-state index is 0.0673. The van der Waals surface area contributed by atoms with Crippen molar-refractivity contribution >= 4 is 17.5 Å². The number of hydrogen-bond donors (Lipinski definition) is 1. The Balaban J connectivity index is 1.45. The molecule has 28 heavy (non-hydrogen) atoms. The zero-order valence-corrected chi connectivity index (χ0v) is 15.8. The van der Waals surface area contributed by atoms with Crippen molar-refractivity contribution in [2.24, 2.45) is 5.92 Å². The number of piperidine rings is 1. The first kappa shape index (κ1) is 18.2. The summed E-state index contributed by atoms with van der Waals surface area (Å²) in [7, 11) is 0. The van der Waals surface area contributed by atoms with E-state index in [-0.39, 0.29) is 11.8 Å². The van der Waals surface area contributed by atoms with E-state index in [1.807, 2.05) is 36.4 Å².